The molecule has 80 heavy (non-hydrogen) atoms. The molecule has 0 aromatic carbocycles. The third-order valence-electron chi connectivity index (χ3n) is 15.8. The van der Waals surface area contributed by atoms with Crippen LogP contribution in [-0.2, 0) is 28.6 Å². The lowest BCUT2D eigenvalue weighted by atomic mass is 10.0. The fourth-order valence-electron chi connectivity index (χ4n) is 10.5. The summed E-state index contributed by atoms with van der Waals surface area (Å²) in [5, 5.41) is 0. The van der Waals surface area contributed by atoms with E-state index in [9.17, 15) is 14.4 Å². The fourth-order valence-corrected chi connectivity index (χ4v) is 10.5. The minimum atomic E-state index is -0.770. The van der Waals surface area contributed by atoms with Gasteiger partial charge in [0, 0.05) is 19.3 Å². The Morgan fingerprint density at radius 2 is 0.487 bits per heavy atom. The minimum absolute atomic E-state index is 0.0688. The zero-order valence-corrected chi connectivity index (χ0v) is 53.6. The molecule has 0 N–H and O–H groups in total. The van der Waals surface area contributed by atoms with Crippen molar-refractivity contribution < 1.29 is 28.6 Å². The van der Waals surface area contributed by atoms with Gasteiger partial charge in [0.05, 0.1) is 0 Å². The van der Waals surface area contributed by atoms with E-state index in [-0.39, 0.29) is 31.1 Å². The van der Waals surface area contributed by atoms with E-state index in [4.69, 9.17) is 14.2 Å². The zero-order valence-electron chi connectivity index (χ0n) is 53.6. The van der Waals surface area contributed by atoms with Crippen LogP contribution in [0.2, 0.25) is 0 Å². The number of hydrogen-bond acceptors (Lipinski definition) is 6. The molecule has 0 aliphatic heterocycles. The Morgan fingerprint density at radius 1 is 0.263 bits per heavy atom. The summed E-state index contributed by atoms with van der Waals surface area (Å²) < 4.78 is 16.9. The number of allylic oxidation sites excluding steroid dienone is 10. The van der Waals surface area contributed by atoms with Crippen molar-refractivity contribution in [3.05, 3.63) is 60.8 Å². The van der Waals surface area contributed by atoms with Crippen LogP contribution >= 0.6 is 0 Å². The number of carbonyl (C=O) groups excluding carboxylic acids is 3. The van der Waals surface area contributed by atoms with Crippen LogP contribution in [0.3, 0.4) is 0 Å². The molecule has 0 spiro atoms. The molecule has 0 heterocycles. The predicted octanol–water partition coefficient (Wildman–Crippen LogP) is 24.3. The van der Waals surface area contributed by atoms with Gasteiger partial charge in [-0.2, -0.15) is 0 Å². The maximum Gasteiger partial charge on any atom is 0.306 e. The Kier molecular flexibility index (Phi) is 66.1. The van der Waals surface area contributed by atoms with E-state index < -0.39 is 6.10 Å². The summed E-state index contributed by atoms with van der Waals surface area (Å²) in [6.07, 6.45) is 88.5. The van der Waals surface area contributed by atoms with E-state index in [1.165, 1.54) is 250 Å². The predicted molar refractivity (Wildman–Crippen MR) is 348 cm³/mol. The first-order valence-corrected chi connectivity index (χ1v) is 35.3. The Bertz CT molecular complexity index is 1430. The highest BCUT2D eigenvalue weighted by Crippen LogP contribution is 2.18. The highest BCUT2D eigenvalue weighted by atomic mass is 16.6. The monoisotopic (exact) mass is 1120 g/mol. The molecular weight excluding hydrogens is 985 g/mol. The third-order valence-corrected chi connectivity index (χ3v) is 15.8. The van der Waals surface area contributed by atoms with Crippen LogP contribution in [0.25, 0.3) is 0 Å². The summed E-state index contributed by atoms with van der Waals surface area (Å²) in [6.45, 7) is 6.55. The first kappa shape index (κ1) is 77.1. The van der Waals surface area contributed by atoms with Crippen molar-refractivity contribution in [2.75, 3.05) is 13.2 Å². The summed E-state index contributed by atoms with van der Waals surface area (Å²) in [4.78, 5) is 38.2. The van der Waals surface area contributed by atoms with Gasteiger partial charge in [-0.15, -0.1) is 0 Å². The molecular formula is C74H134O6. The van der Waals surface area contributed by atoms with Crippen molar-refractivity contribution in [2.45, 2.75) is 380 Å². The van der Waals surface area contributed by atoms with Crippen molar-refractivity contribution in [2.24, 2.45) is 0 Å². The van der Waals surface area contributed by atoms with Crippen molar-refractivity contribution in [3.8, 4) is 0 Å². The molecule has 6 heteroatoms. The summed E-state index contributed by atoms with van der Waals surface area (Å²) in [5.41, 5.74) is 0. The van der Waals surface area contributed by atoms with E-state index in [0.29, 0.717) is 19.3 Å². The van der Waals surface area contributed by atoms with Gasteiger partial charge >= 0.3 is 17.9 Å². The highest BCUT2D eigenvalue weighted by Gasteiger charge is 2.19. The van der Waals surface area contributed by atoms with E-state index in [2.05, 4.69) is 81.5 Å². The molecule has 0 aromatic heterocycles. The second-order valence-electron chi connectivity index (χ2n) is 23.8. The summed E-state index contributed by atoms with van der Waals surface area (Å²) in [7, 11) is 0. The molecule has 0 saturated carbocycles. The number of esters is 3. The molecule has 0 aromatic rings. The summed E-state index contributed by atoms with van der Waals surface area (Å²) in [5.74, 6) is -0.850. The first-order chi connectivity index (χ1) is 39.5. The average molecular weight is 1120 g/mol. The number of carbonyl (C=O) groups is 3. The van der Waals surface area contributed by atoms with Gasteiger partial charge in [-0.25, -0.2) is 0 Å². The van der Waals surface area contributed by atoms with Crippen molar-refractivity contribution in [1.29, 1.82) is 0 Å². The largest absolute Gasteiger partial charge is 0.462 e. The van der Waals surface area contributed by atoms with E-state index in [1.54, 1.807) is 0 Å². The van der Waals surface area contributed by atoms with Crippen LogP contribution in [0.5, 0.6) is 0 Å². The van der Waals surface area contributed by atoms with Crippen LogP contribution < -0.4 is 0 Å². The minimum Gasteiger partial charge on any atom is -0.462 e. The molecule has 1 unspecified atom stereocenters. The van der Waals surface area contributed by atoms with Gasteiger partial charge in [0.1, 0.15) is 13.2 Å². The second kappa shape index (κ2) is 68.6. The van der Waals surface area contributed by atoms with Gasteiger partial charge in [-0.05, 0) is 83.5 Å². The average Bonchev–Trinajstić information content (AvgIpc) is 3.46. The molecule has 0 radical (unpaired) electrons. The van der Waals surface area contributed by atoms with Crippen LogP contribution in [0.4, 0.5) is 0 Å². The van der Waals surface area contributed by atoms with Gasteiger partial charge < -0.3 is 14.2 Å². The van der Waals surface area contributed by atoms with Crippen LogP contribution in [-0.4, -0.2) is 37.2 Å². The van der Waals surface area contributed by atoms with Crippen molar-refractivity contribution in [3.63, 3.8) is 0 Å². The highest BCUT2D eigenvalue weighted by molar-refractivity contribution is 5.71. The Morgan fingerprint density at radius 3 is 0.775 bits per heavy atom. The van der Waals surface area contributed by atoms with Crippen LogP contribution in [0.1, 0.15) is 374 Å². The van der Waals surface area contributed by atoms with Gasteiger partial charge in [0.15, 0.2) is 6.10 Å². The SMILES string of the molecule is CC/C=C\C/C=C\C/C=C\C/C=C\CCCCCCCCCCCCCCCCCCCCC(=O)OCC(COC(=O)CCCCCCCCCC)OC(=O)CCCCCCCCCCCCC/C=C\CCCCCCCCCC. The number of ether oxygens (including phenoxy) is 3. The van der Waals surface area contributed by atoms with Crippen LogP contribution in [0, 0.1) is 0 Å². The summed E-state index contributed by atoms with van der Waals surface area (Å²) in [6, 6.07) is 0. The normalized spacial score (nSPS) is 12.4. The van der Waals surface area contributed by atoms with Crippen molar-refractivity contribution in [1.82, 2.24) is 0 Å². The standard InChI is InChI=1S/C74H134O6/c1-4-7-10-13-16-19-21-23-25-27-29-31-33-34-35-36-37-38-39-40-42-43-45-47-49-51-53-55-58-61-64-67-73(76)79-70-71(69-78-72(75)66-63-60-57-18-15-12-9-6-3)80-74(77)68-65-62-59-56-54-52-50-48-46-44-41-32-30-28-26-24-22-20-17-14-11-8-5-2/h7,10,16,19,23,25,28-31,71H,4-6,8-9,11-15,17-18,20-22,24,26-27,32-70H2,1-3H3/b10-7-,19-16-,25-23-,30-28-,31-29-. The molecule has 0 bridgehead atoms. The third kappa shape index (κ3) is 65.9. The molecule has 0 aliphatic carbocycles. The van der Waals surface area contributed by atoms with Crippen LogP contribution in [0.15, 0.2) is 60.8 Å². The quantitative estimate of drug-likeness (QED) is 0.0261. The van der Waals surface area contributed by atoms with Gasteiger partial charge in [0.2, 0.25) is 0 Å². The zero-order chi connectivity index (χ0) is 57.8. The van der Waals surface area contributed by atoms with Gasteiger partial charge in [0.25, 0.3) is 0 Å². The maximum absolute atomic E-state index is 12.9. The topological polar surface area (TPSA) is 78.9 Å². The smallest absolute Gasteiger partial charge is 0.306 e. The van der Waals surface area contributed by atoms with E-state index in [0.717, 1.165) is 83.5 Å². The lowest BCUT2D eigenvalue weighted by molar-refractivity contribution is -0.167. The lowest BCUT2D eigenvalue weighted by Gasteiger charge is -2.18. The van der Waals surface area contributed by atoms with E-state index in [1.807, 2.05) is 0 Å². The second-order valence-corrected chi connectivity index (χ2v) is 23.8. The molecule has 0 aliphatic rings. The fraction of sp³-hybridized carbons (Fsp3) is 0.824. The number of unbranched alkanes of at least 4 members (excludes halogenated alkanes) is 44. The molecule has 0 amide bonds. The summed E-state index contributed by atoms with van der Waals surface area (Å²) >= 11 is 0. The Balaban J connectivity index is 4.05. The first-order valence-electron chi connectivity index (χ1n) is 35.3. The molecule has 0 rings (SSSR count). The Hall–Kier alpha value is -2.89. The molecule has 6 nitrogen and oxygen atoms in total. The van der Waals surface area contributed by atoms with Crippen molar-refractivity contribution >= 4 is 17.9 Å². The van der Waals surface area contributed by atoms with Gasteiger partial charge in [-0.1, -0.05) is 332 Å². The maximum atomic E-state index is 12.9. The lowest BCUT2D eigenvalue weighted by Crippen LogP contribution is -2.30. The molecule has 0 fully saturated rings. The Labute approximate surface area is 498 Å². The molecule has 466 valence electrons. The molecule has 0 saturated heterocycles. The van der Waals surface area contributed by atoms with Gasteiger partial charge in [-0.3, -0.25) is 14.4 Å². The van der Waals surface area contributed by atoms with E-state index >= 15 is 0 Å². The number of hydrogen-bond donors (Lipinski definition) is 0. The number of rotatable bonds is 65. The molecule has 1 atom stereocenters.